The number of aromatic carboxylic acids is 1. The fourth-order valence-corrected chi connectivity index (χ4v) is 3.85. The number of nitrogens with one attached hydrogen (secondary N) is 1. The molecule has 2 atom stereocenters. The average Bonchev–Trinajstić information content (AvgIpc) is 3.32. The van der Waals surface area contributed by atoms with E-state index in [-0.39, 0.29) is 17.5 Å². The summed E-state index contributed by atoms with van der Waals surface area (Å²) in [5.74, 6) is 0.936. The Morgan fingerprint density at radius 2 is 1.78 bits per heavy atom. The van der Waals surface area contributed by atoms with Gasteiger partial charge < -0.3 is 19.7 Å². The first kappa shape index (κ1) is 21.6. The van der Waals surface area contributed by atoms with Crippen molar-refractivity contribution in [3.05, 3.63) is 95.6 Å². The van der Waals surface area contributed by atoms with Crippen LogP contribution in [0, 0.1) is 0 Å². The maximum Gasteiger partial charge on any atom is 0.335 e. The number of imidazole rings is 1. The third-order valence-electron chi connectivity index (χ3n) is 5.91. The zero-order valence-electron chi connectivity index (χ0n) is 18.4. The quantitative estimate of drug-likeness (QED) is 0.416. The maximum absolute atomic E-state index is 11.0. The summed E-state index contributed by atoms with van der Waals surface area (Å²) in [5.41, 5.74) is 2.40. The number of carboxylic acids is 1. The second-order valence-electron chi connectivity index (χ2n) is 8.22. The number of hydrogen-bond donors (Lipinski definition) is 2. The minimum absolute atomic E-state index is 0.133. The van der Waals surface area contributed by atoms with E-state index in [4.69, 9.17) is 9.84 Å². The molecule has 0 radical (unpaired) electrons. The average molecular weight is 430 g/mol. The number of rotatable bonds is 8. The number of carbonyl (C=O) groups is 1. The van der Waals surface area contributed by atoms with Crippen LogP contribution in [0.2, 0.25) is 0 Å². The van der Waals surface area contributed by atoms with Gasteiger partial charge in [-0.2, -0.15) is 0 Å². The summed E-state index contributed by atoms with van der Waals surface area (Å²) in [6.07, 6.45) is 3.66. The highest BCUT2D eigenvalue weighted by Gasteiger charge is 2.25. The predicted octanol–water partition coefficient (Wildman–Crippen LogP) is 4.92. The van der Waals surface area contributed by atoms with E-state index in [0.717, 1.165) is 27.9 Å². The number of fused-ring (bicyclic) bond motifs is 1. The lowest BCUT2D eigenvalue weighted by Crippen LogP contribution is -2.32. The molecule has 0 aliphatic heterocycles. The van der Waals surface area contributed by atoms with Gasteiger partial charge in [0.15, 0.2) is 0 Å². The fourth-order valence-electron chi connectivity index (χ4n) is 3.85. The van der Waals surface area contributed by atoms with Crippen molar-refractivity contribution in [2.45, 2.75) is 25.5 Å². The first-order valence-corrected chi connectivity index (χ1v) is 10.6. The Kier molecular flexibility index (Phi) is 6.23. The molecular formula is C26H27N3O3. The molecule has 1 aromatic heterocycles. The van der Waals surface area contributed by atoms with Gasteiger partial charge in [-0.05, 0) is 67.2 Å². The lowest BCUT2D eigenvalue weighted by molar-refractivity contribution is 0.0697. The minimum atomic E-state index is -0.930. The summed E-state index contributed by atoms with van der Waals surface area (Å²) in [4.78, 5) is 21.0. The SMILES string of the molecule is CC(C(c1ccc2cc(OCc3ccc(C(=O)O)cc3)ccc2c1)c1ncc[nH]1)N(C)C. The summed E-state index contributed by atoms with van der Waals surface area (Å²) in [5, 5.41) is 11.3. The highest BCUT2D eigenvalue weighted by atomic mass is 16.5. The smallest absolute Gasteiger partial charge is 0.335 e. The molecule has 0 spiro atoms. The highest BCUT2D eigenvalue weighted by molar-refractivity contribution is 5.87. The van der Waals surface area contributed by atoms with Crippen molar-refractivity contribution in [3.8, 4) is 5.75 Å². The number of carboxylic acid groups (broad SMARTS) is 1. The number of hydrogen-bond acceptors (Lipinski definition) is 4. The molecule has 0 bridgehead atoms. The fraction of sp³-hybridized carbons (Fsp3) is 0.231. The van der Waals surface area contributed by atoms with E-state index in [1.54, 1.807) is 30.5 Å². The van der Waals surface area contributed by atoms with Gasteiger partial charge in [0, 0.05) is 18.4 Å². The molecule has 4 rings (SSSR count). The van der Waals surface area contributed by atoms with Gasteiger partial charge in [-0.25, -0.2) is 9.78 Å². The first-order chi connectivity index (χ1) is 15.4. The molecule has 0 saturated carbocycles. The van der Waals surface area contributed by atoms with Gasteiger partial charge in [-0.1, -0.05) is 36.4 Å². The van der Waals surface area contributed by atoms with Crippen LogP contribution in [0.3, 0.4) is 0 Å². The maximum atomic E-state index is 11.0. The molecule has 0 aliphatic carbocycles. The minimum Gasteiger partial charge on any atom is -0.489 e. The molecular weight excluding hydrogens is 402 g/mol. The summed E-state index contributed by atoms with van der Waals surface area (Å²) in [7, 11) is 4.17. The van der Waals surface area contributed by atoms with Gasteiger partial charge in [-0.15, -0.1) is 0 Å². The third-order valence-corrected chi connectivity index (χ3v) is 5.91. The van der Waals surface area contributed by atoms with Gasteiger partial charge in [0.05, 0.1) is 11.5 Å². The van der Waals surface area contributed by atoms with Crippen LogP contribution in [0.4, 0.5) is 0 Å². The van der Waals surface area contributed by atoms with Crippen LogP contribution in [0.15, 0.2) is 73.1 Å². The number of H-pyrrole nitrogens is 1. The van der Waals surface area contributed by atoms with E-state index in [0.29, 0.717) is 6.61 Å². The summed E-state index contributed by atoms with van der Waals surface area (Å²) in [6.45, 7) is 2.59. The largest absolute Gasteiger partial charge is 0.489 e. The second-order valence-corrected chi connectivity index (χ2v) is 8.22. The number of aromatic nitrogens is 2. The van der Waals surface area contributed by atoms with Gasteiger partial charge in [0.1, 0.15) is 18.2 Å². The van der Waals surface area contributed by atoms with E-state index in [1.807, 2.05) is 18.3 Å². The number of benzene rings is 3. The predicted molar refractivity (Wildman–Crippen MR) is 125 cm³/mol. The molecule has 6 nitrogen and oxygen atoms in total. The van der Waals surface area contributed by atoms with Crippen molar-refractivity contribution >= 4 is 16.7 Å². The van der Waals surface area contributed by atoms with Crippen molar-refractivity contribution in [3.63, 3.8) is 0 Å². The van der Waals surface area contributed by atoms with Crippen molar-refractivity contribution in [1.29, 1.82) is 0 Å². The van der Waals surface area contributed by atoms with Gasteiger partial charge in [-0.3, -0.25) is 0 Å². The third kappa shape index (κ3) is 4.65. The molecule has 0 fully saturated rings. The van der Waals surface area contributed by atoms with Crippen LogP contribution >= 0.6 is 0 Å². The Labute approximate surface area is 187 Å². The Bertz CT molecular complexity index is 1200. The number of nitrogens with zero attached hydrogens (tertiary/aromatic N) is 2. The van der Waals surface area contributed by atoms with Crippen molar-refractivity contribution in [1.82, 2.24) is 14.9 Å². The molecule has 0 saturated heterocycles. The van der Waals surface area contributed by atoms with Crippen LogP contribution in [-0.2, 0) is 6.61 Å². The van der Waals surface area contributed by atoms with Gasteiger partial charge >= 0.3 is 5.97 Å². The molecule has 1 heterocycles. The first-order valence-electron chi connectivity index (χ1n) is 10.6. The van der Waals surface area contributed by atoms with Gasteiger partial charge in [0.2, 0.25) is 0 Å². The Balaban J connectivity index is 1.54. The monoisotopic (exact) mass is 429 g/mol. The van der Waals surface area contributed by atoms with Crippen LogP contribution in [0.5, 0.6) is 5.75 Å². The van der Waals surface area contributed by atoms with Crippen LogP contribution in [0.25, 0.3) is 10.8 Å². The molecule has 164 valence electrons. The van der Waals surface area contributed by atoms with E-state index < -0.39 is 5.97 Å². The van der Waals surface area contributed by atoms with E-state index in [9.17, 15) is 4.79 Å². The van der Waals surface area contributed by atoms with Gasteiger partial charge in [0.25, 0.3) is 0 Å². The zero-order valence-corrected chi connectivity index (χ0v) is 18.4. The normalized spacial score (nSPS) is 13.2. The van der Waals surface area contributed by atoms with Crippen molar-refractivity contribution < 1.29 is 14.6 Å². The number of aromatic amines is 1. The topological polar surface area (TPSA) is 78.5 Å². The molecule has 4 aromatic rings. The van der Waals surface area contributed by atoms with Crippen LogP contribution < -0.4 is 4.74 Å². The highest BCUT2D eigenvalue weighted by Crippen LogP contribution is 2.31. The van der Waals surface area contributed by atoms with Crippen molar-refractivity contribution in [2.75, 3.05) is 14.1 Å². The molecule has 3 aromatic carbocycles. The summed E-state index contributed by atoms with van der Waals surface area (Å²) < 4.78 is 5.94. The Morgan fingerprint density at radius 3 is 2.44 bits per heavy atom. The molecule has 2 N–H and O–H groups in total. The molecule has 6 heteroatoms. The molecule has 0 amide bonds. The Morgan fingerprint density at radius 1 is 1.06 bits per heavy atom. The van der Waals surface area contributed by atoms with Crippen LogP contribution in [-0.4, -0.2) is 46.1 Å². The number of likely N-dealkylation sites (N-methyl/N-ethyl adjacent to an activating group) is 1. The molecule has 0 aliphatic rings. The lowest BCUT2D eigenvalue weighted by atomic mass is 9.89. The van der Waals surface area contributed by atoms with E-state index >= 15 is 0 Å². The second kappa shape index (κ2) is 9.24. The molecule has 32 heavy (non-hydrogen) atoms. The number of ether oxygens (including phenoxy) is 1. The Hall–Kier alpha value is -3.64. The molecule has 2 unspecified atom stereocenters. The summed E-state index contributed by atoms with van der Waals surface area (Å²) >= 11 is 0. The lowest BCUT2D eigenvalue weighted by Gasteiger charge is -2.28. The van der Waals surface area contributed by atoms with Crippen LogP contribution in [0.1, 0.15) is 40.2 Å². The van der Waals surface area contributed by atoms with Crippen molar-refractivity contribution in [2.24, 2.45) is 0 Å². The van der Waals surface area contributed by atoms with E-state index in [2.05, 4.69) is 60.2 Å². The summed E-state index contributed by atoms with van der Waals surface area (Å²) in [6, 6.07) is 19.6. The standard InChI is InChI=1S/C26H27N3O3/c1-17(29(2)3)24(25-27-12-13-28-25)22-9-8-21-15-23(11-10-20(21)14-22)32-16-18-4-6-19(7-5-18)26(30)31/h4-15,17,24H,16H2,1-3H3,(H,27,28)(H,30,31). The van der Waals surface area contributed by atoms with E-state index in [1.165, 1.54) is 5.56 Å². The zero-order chi connectivity index (χ0) is 22.7.